The van der Waals surface area contributed by atoms with Crippen LogP contribution in [-0.2, 0) is 6.54 Å². The fraction of sp³-hybridized carbons (Fsp3) is 0.167. The Balaban J connectivity index is 1.76. The zero-order valence-electron chi connectivity index (χ0n) is 13.5. The Kier molecular flexibility index (Phi) is 5.05. The molecule has 0 saturated carbocycles. The zero-order valence-corrected chi connectivity index (χ0v) is 15.1. The van der Waals surface area contributed by atoms with Crippen molar-refractivity contribution < 1.29 is 0 Å². The lowest BCUT2D eigenvalue weighted by Crippen LogP contribution is -2.06. The summed E-state index contributed by atoms with van der Waals surface area (Å²) in [7, 11) is 0. The molecule has 0 spiro atoms. The molecule has 3 aromatic rings. The summed E-state index contributed by atoms with van der Waals surface area (Å²) in [5.41, 5.74) is 4.17. The minimum Gasteiger partial charge on any atom is -0.366 e. The summed E-state index contributed by atoms with van der Waals surface area (Å²) in [6, 6.07) is 12.0. The summed E-state index contributed by atoms with van der Waals surface area (Å²) >= 11 is 3.56. The highest BCUT2D eigenvalue weighted by Crippen LogP contribution is 2.26. The van der Waals surface area contributed by atoms with Gasteiger partial charge < -0.3 is 10.6 Å². The molecule has 0 amide bonds. The molecule has 0 atom stereocenters. The second-order valence-corrected chi connectivity index (χ2v) is 6.39. The number of anilines is 3. The van der Waals surface area contributed by atoms with Crippen molar-refractivity contribution >= 4 is 33.4 Å². The van der Waals surface area contributed by atoms with Crippen molar-refractivity contribution in [2.24, 2.45) is 0 Å². The highest BCUT2D eigenvalue weighted by molar-refractivity contribution is 9.10. The molecule has 0 saturated heterocycles. The Morgan fingerprint density at radius 1 is 1.00 bits per heavy atom. The van der Waals surface area contributed by atoms with E-state index in [0.717, 1.165) is 27.2 Å². The normalized spacial score (nSPS) is 10.5. The largest absolute Gasteiger partial charge is 0.366 e. The Bertz CT molecular complexity index is 836. The smallest absolute Gasteiger partial charge is 0.229 e. The first-order valence-electron chi connectivity index (χ1n) is 7.62. The molecule has 1 aromatic carbocycles. The van der Waals surface area contributed by atoms with Crippen LogP contribution in [0.1, 0.15) is 16.8 Å². The van der Waals surface area contributed by atoms with E-state index in [-0.39, 0.29) is 0 Å². The SMILES string of the molecule is Cc1ccc(Nc2nc(C)cc(NCc3ccncc3)n2)c(Br)c1. The number of aromatic nitrogens is 3. The number of nitrogens with one attached hydrogen (secondary N) is 2. The summed E-state index contributed by atoms with van der Waals surface area (Å²) < 4.78 is 0.985. The Morgan fingerprint density at radius 2 is 1.79 bits per heavy atom. The number of aryl methyl sites for hydroxylation is 2. The van der Waals surface area contributed by atoms with Crippen molar-refractivity contribution in [3.63, 3.8) is 0 Å². The van der Waals surface area contributed by atoms with Crippen LogP contribution in [0.2, 0.25) is 0 Å². The maximum Gasteiger partial charge on any atom is 0.229 e. The number of rotatable bonds is 5. The molecule has 0 aliphatic rings. The van der Waals surface area contributed by atoms with E-state index in [2.05, 4.69) is 54.5 Å². The monoisotopic (exact) mass is 383 g/mol. The third kappa shape index (κ3) is 4.29. The van der Waals surface area contributed by atoms with Crippen molar-refractivity contribution in [1.29, 1.82) is 0 Å². The van der Waals surface area contributed by atoms with E-state index in [9.17, 15) is 0 Å². The lowest BCUT2D eigenvalue weighted by atomic mass is 10.2. The van der Waals surface area contributed by atoms with E-state index >= 15 is 0 Å². The first kappa shape index (κ1) is 16.4. The first-order valence-corrected chi connectivity index (χ1v) is 8.41. The number of benzene rings is 1. The molecule has 2 aromatic heterocycles. The van der Waals surface area contributed by atoms with Gasteiger partial charge in [-0.3, -0.25) is 4.98 Å². The minimum absolute atomic E-state index is 0.566. The number of pyridine rings is 1. The summed E-state index contributed by atoms with van der Waals surface area (Å²) in [4.78, 5) is 13.0. The minimum atomic E-state index is 0.566. The maximum atomic E-state index is 4.54. The molecule has 0 fully saturated rings. The van der Waals surface area contributed by atoms with Crippen LogP contribution in [0.5, 0.6) is 0 Å². The highest BCUT2D eigenvalue weighted by Gasteiger charge is 2.06. The van der Waals surface area contributed by atoms with Crippen LogP contribution in [0.25, 0.3) is 0 Å². The summed E-state index contributed by atoms with van der Waals surface area (Å²) in [5, 5.41) is 6.58. The summed E-state index contributed by atoms with van der Waals surface area (Å²) in [5.74, 6) is 1.35. The van der Waals surface area contributed by atoms with Gasteiger partial charge in [0.05, 0.1) is 5.69 Å². The van der Waals surface area contributed by atoms with Crippen molar-refractivity contribution in [2.75, 3.05) is 10.6 Å². The van der Waals surface area contributed by atoms with Crippen molar-refractivity contribution in [3.05, 3.63) is 70.1 Å². The number of nitrogens with zero attached hydrogens (tertiary/aromatic N) is 3. The average Bonchev–Trinajstić information content (AvgIpc) is 2.56. The molecule has 5 nitrogen and oxygen atoms in total. The van der Waals surface area contributed by atoms with Gasteiger partial charge in [0.25, 0.3) is 0 Å². The van der Waals surface area contributed by atoms with E-state index in [1.165, 1.54) is 5.56 Å². The molecular weight excluding hydrogens is 366 g/mol. The van der Waals surface area contributed by atoms with E-state index in [1.54, 1.807) is 12.4 Å². The lowest BCUT2D eigenvalue weighted by Gasteiger charge is -2.11. The summed E-state index contributed by atoms with van der Waals surface area (Å²) in [6.45, 7) is 4.69. The van der Waals surface area contributed by atoms with E-state index in [1.807, 2.05) is 37.3 Å². The molecule has 2 heterocycles. The molecule has 3 rings (SSSR count). The number of hydrogen-bond acceptors (Lipinski definition) is 5. The van der Waals surface area contributed by atoms with Crippen molar-refractivity contribution in [3.8, 4) is 0 Å². The molecule has 6 heteroatoms. The molecule has 0 radical (unpaired) electrons. The highest BCUT2D eigenvalue weighted by atomic mass is 79.9. The quantitative estimate of drug-likeness (QED) is 0.673. The first-order chi connectivity index (χ1) is 11.6. The number of halogens is 1. The van der Waals surface area contributed by atoms with Gasteiger partial charge in [-0.2, -0.15) is 4.98 Å². The molecule has 0 unspecified atom stereocenters. The predicted molar refractivity (Wildman–Crippen MR) is 100 cm³/mol. The fourth-order valence-electron chi connectivity index (χ4n) is 2.25. The van der Waals surface area contributed by atoms with Gasteiger partial charge in [0.2, 0.25) is 5.95 Å². The molecule has 2 N–H and O–H groups in total. The Morgan fingerprint density at radius 3 is 2.54 bits per heavy atom. The third-order valence-electron chi connectivity index (χ3n) is 3.45. The average molecular weight is 384 g/mol. The van der Waals surface area contributed by atoms with Gasteiger partial charge in [0.1, 0.15) is 5.82 Å². The maximum absolute atomic E-state index is 4.54. The van der Waals surface area contributed by atoms with Gasteiger partial charge in [0, 0.05) is 35.2 Å². The van der Waals surface area contributed by atoms with Crippen LogP contribution in [0.3, 0.4) is 0 Å². The topological polar surface area (TPSA) is 62.7 Å². The van der Waals surface area contributed by atoms with Crippen molar-refractivity contribution in [2.45, 2.75) is 20.4 Å². The van der Waals surface area contributed by atoms with E-state index in [0.29, 0.717) is 12.5 Å². The summed E-state index contributed by atoms with van der Waals surface area (Å²) in [6.07, 6.45) is 3.56. The fourth-order valence-corrected chi connectivity index (χ4v) is 2.84. The Hall–Kier alpha value is -2.47. The zero-order chi connectivity index (χ0) is 16.9. The second-order valence-electron chi connectivity index (χ2n) is 5.54. The molecular formula is C18H18BrN5. The van der Waals surface area contributed by atoms with Crippen LogP contribution in [-0.4, -0.2) is 15.0 Å². The van der Waals surface area contributed by atoms with E-state index in [4.69, 9.17) is 0 Å². The molecule has 0 aliphatic heterocycles. The molecule has 0 aliphatic carbocycles. The van der Waals surface area contributed by atoms with Gasteiger partial charge in [-0.25, -0.2) is 4.98 Å². The number of hydrogen-bond donors (Lipinski definition) is 2. The van der Waals surface area contributed by atoms with E-state index < -0.39 is 0 Å². The Labute approximate surface area is 149 Å². The second kappa shape index (κ2) is 7.40. The van der Waals surface area contributed by atoms with Crippen LogP contribution in [0.15, 0.2) is 53.3 Å². The van der Waals surface area contributed by atoms with Crippen molar-refractivity contribution in [1.82, 2.24) is 15.0 Å². The lowest BCUT2D eigenvalue weighted by molar-refractivity contribution is 1.05. The van der Waals surface area contributed by atoms with Crippen LogP contribution >= 0.6 is 15.9 Å². The standard InChI is InChI=1S/C18H18BrN5/c1-12-3-4-16(15(19)9-12)23-18-22-13(2)10-17(24-18)21-11-14-5-7-20-8-6-14/h3-10H,11H2,1-2H3,(H2,21,22,23,24). The third-order valence-corrected chi connectivity index (χ3v) is 4.10. The van der Waals surface area contributed by atoms with Gasteiger partial charge in [-0.1, -0.05) is 6.07 Å². The predicted octanol–water partition coefficient (Wildman–Crippen LogP) is 4.61. The molecule has 24 heavy (non-hydrogen) atoms. The van der Waals surface area contributed by atoms with Crippen LogP contribution in [0, 0.1) is 13.8 Å². The molecule has 0 bridgehead atoms. The van der Waals surface area contributed by atoms with Crippen LogP contribution < -0.4 is 10.6 Å². The van der Waals surface area contributed by atoms with Crippen LogP contribution in [0.4, 0.5) is 17.5 Å². The van der Waals surface area contributed by atoms with Gasteiger partial charge in [-0.15, -0.1) is 0 Å². The van der Waals surface area contributed by atoms with Gasteiger partial charge >= 0.3 is 0 Å². The molecule has 122 valence electrons. The van der Waals surface area contributed by atoms with Gasteiger partial charge in [0.15, 0.2) is 0 Å². The van der Waals surface area contributed by atoms with Gasteiger partial charge in [-0.05, 0) is 65.2 Å².